The molecule has 1 amide bonds. The fourth-order valence-electron chi connectivity index (χ4n) is 2.63. The fraction of sp³-hybridized carbons (Fsp3) is 0.222. The van der Waals surface area contributed by atoms with Crippen molar-refractivity contribution in [2.75, 3.05) is 18.0 Å². The molecular formula is C18H18IN3O2. The standard InChI is InChI=1S/C18H18IN3O2/c19-16-11-13(3-8-17(16)23)12-20-21-18(24)14-4-6-15(7-5-14)22-9-1-2-10-22/h3-8,11-12,23H,1-2,9-10H2,(H,21,24)/b20-12-. The first-order valence-electron chi connectivity index (χ1n) is 7.80. The molecule has 1 heterocycles. The summed E-state index contributed by atoms with van der Waals surface area (Å²) in [7, 11) is 0. The summed E-state index contributed by atoms with van der Waals surface area (Å²) in [6, 6.07) is 12.7. The summed E-state index contributed by atoms with van der Waals surface area (Å²) in [5.74, 6) is -0.0115. The van der Waals surface area contributed by atoms with Crippen molar-refractivity contribution < 1.29 is 9.90 Å². The van der Waals surface area contributed by atoms with Crippen LogP contribution in [0.2, 0.25) is 0 Å². The van der Waals surface area contributed by atoms with Gasteiger partial charge in [-0.05, 0) is 83.5 Å². The molecule has 0 bridgehead atoms. The normalized spacial score (nSPS) is 14.3. The van der Waals surface area contributed by atoms with E-state index in [1.54, 1.807) is 24.4 Å². The Morgan fingerprint density at radius 3 is 2.54 bits per heavy atom. The van der Waals surface area contributed by atoms with E-state index in [2.05, 4.69) is 15.4 Å². The minimum absolute atomic E-state index is 0.231. The first-order chi connectivity index (χ1) is 11.6. The molecule has 24 heavy (non-hydrogen) atoms. The molecule has 6 heteroatoms. The van der Waals surface area contributed by atoms with Gasteiger partial charge < -0.3 is 10.0 Å². The van der Waals surface area contributed by atoms with Gasteiger partial charge in [0.1, 0.15) is 5.75 Å². The Morgan fingerprint density at radius 2 is 1.88 bits per heavy atom. The lowest BCUT2D eigenvalue weighted by Gasteiger charge is -2.17. The van der Waals surface area contributed by atoms with Crippen LogP contribution in [0, 0.1) is 3.57 Å². The van der Waals surface area contributed by atoms with Crippen molar-refractivity contribution in [1.82, 2.24) is 5.43 Å². The number of phenolic OH excluding ortho intramolecular Hbond substituents is 1. The van der Waals surface area contributed by atoms with Crippen molar-refractivity contribution in [1.29, 1.82) is 0 Å². The van der Waals surface area contributed by atoms with Crippen molar-refractivity contribution in [2.24, 2.45) is 5.10 Å². The lowest BCUT2D eigenvalue weighted by atomic mass is 10.2. The third-order valence-electron chi connectivity index (χ3n) is 3.95. The van der Waals surface area contributed by atoms with Gasteiger partial charge in [0, 0.05) is 24.3 Å². The molecule has 0 unspecified atom stereocenters. The molecule has 0 spiro atoms. The maximum Gasteiger partial charge on any atom is 0.271 e. The van der Waals surface area contributed by atoms with E-state index in [1.807, 2.05) is 46.9 Å². The molecule has 1 saturated heterocycles. The van der Waals surface area contributed by atoms with E-state index in [0.717, 1.165) is 27.9 Å². The Morgan fingerprint density at radius 1 is 1.17 bits per heavy atom. The van der Waals surface area contributed by atoms with Crippen molar-refractivity contribution in [3.05, 3.63) is 57.2 Å². The van der Waals surface area contributed by atoms with E-state index in [1.165, 1.54) is 12.8 Å². The number of phenols is 1. The second-order valence-electron chi connectivity index (χ2n) is 5.65. The second kappa shape index (κ2) is 7.65. The van der Waals surface area contributed by atoms with Crippen LogP contribution in [0.1, 0.15) is 28.8 Å². The predicted molar refractivity (Wildman–Crippen MR) is 104 cm³/mol. The van der Waals surface area contributed by atoms with Crippen LogP contribution < -0.4 is 10.3 Å². The Bertz CT molecular complexity index is 753. The van der Waals surface area contributed by atoms with Crippen LogP contribution in [0.3, 0.4) is 0 Å². The smallest absolute Gasteiger partial charge is 0.271 e. The third kappa shape index (κ3) is 4.05. The van der Waals surface area contributed by atoms with Gasteiger partial charge in [-0.15, -0.1) is 0 Å². The Balaban J connectivity index is 1.60. The summed E-state index contributed by atoms with van der Waals surface area (Å²) in [5.41, 5.74) is 5.07. The zero-order valence-electron chi connectivity index (χ0n) is 13.1. The van der Waals surface area contributed by atoms with Crippen LogP contribution in [0.4, 0.5) is 5.69 Å². The average molecular weight is 435 g/mol. The van der Waals surface area contributed by atoms with E-state index in [-0.39, 0.29) is 11.7 Å². The molecule has 124 valence electrons. The lowest BCUT2D eigenvalue weighted by molar-refractivity contribution is 0.0955. The van der Waals surface area contributed by atoms with Gasteiger partial charge in [-0.25, -0.2) is 5.43 Å². The molecule has 5 nitrogen and oxygen atoms in total. The molecule has 1 aliphatic rings. The fourth-order valence-corrected chi connectivity index (χ4v) is 3.17. The van der Waals surface area contributed by atoms with Crippen LogP contribution in [0.15, 0.2) is 47.6 Å². The molecule has 0 saturated carbocycles. The summed E-state index contributed by atoms with van der Waals surface area (Å²) in [6.45, 7) is 2.17. The van der Waals surface area contributed by atoms with Crippen LogP contribution in [-0.4, -0.2) is 30.3 Å². The number of hydrazone groups is 1. The topological polar surface area (TPSA) is 64.9 Å². The van der Waals surface area contributed by atoms with Gasteiger partial charge in [-0.3, -0.25) is 4.79 Å². The lowest BCUT2D eigenvalue weighted by Crippen LogP contribution is -2.19. The molecule has 0 radical (unpaired) electrons. The molecule has 0 atom stereocenters. The van der Waals surface area contributed by atoms with E-state index in [0.29, 0.717) is 5.56 Å². The number of amides is 1. The van der Waals surface area contributed by atoms with Crippen molar-refractivity contribution in [2.45, 2.75) is 12.8 Å². The number of rotatable bonds is 4. The van der Waals surface area contributed by atoms with E-state index in [4.69, 9.17) is 0 Å². The number of aromatic hydroxyl groups is 1. The van der Waals surface area contributed by atoms with E-state index >= 15 is 0 Å². The van der Waals surface area contributed by atoms with Crippen LogP contribution in [0.5, 0.6) is 5.75 Å². The summed E-state index contributed by atoms with van der Waals surface area (Å²) >= 11 is 2.04. The Labute approximate surface area is 154 Å². The number of nitrogens with one attached hydrogen (secondary N) is 1. The maximum absolute atomic E-state index is 12.1. The Kier molecular flexibility index (Phi) is 5.34. The van der Waals surface area contributed by atoms with Gasteiger partial charge in [0.2, 0.25) is 0 Å². The highest BCUT2D eigenvalue weighted by Gasteiger charge is 2.12. The number of nitrogens with zero attached hydrogens (tertiary/aromatic N) is 2. The average Bonchev–Trinajstić information content (AvgIpc) is 3.13. The quantitative estimate of drug-likeness (QED) is 0.440. The van der Waals surface area contributed by atoms with Gasteiger partial charge >= 0.3 is 0 Å². The minimum atomic E-state index is -0.243. The molecule has 2 N–H and O–H groups in total. The monoisotopic (exact) mass is 435 g/mol. The number of hydrogen-bond acceptors (Lipinski definition) is 4. The number of carbonyl (C=O) groups is 1. The van der Waals surface area contributed by atoms with Gasteiger partial charge in [-0.2, -0.15) is 5.10 Å². The van der Waals surface area contributed by atoms with E-state index < -0.39 is 0 Å². The van der Waals surface area contributed by atoms with Gasteiger partial charge in [0.05, 0.1) is 9.78 Å². The van der Waals surface area contributed by atoms with Gasteiger partial charge in [0.15, 0.2) is 0 Å². The number of benzene rings is 2. The van der Waals surface area contributed by atoms with Gasteiger partial charge in [-0.1, -0.05) is 0 Å². The van der Waals surface area contributed by atoms with E-state index in [9.17, 15) is 9.90 Å². The zero-order chi connectivity index (χ0) is 16.9. The van der Waals surface area contributed by atoms with Crippen LogP contribution in [-0.2, 0) is 0 Å². The van der Waals surface area contributed by atoms with Crippen LogP contribution >= 0.6 is 22.6 Å². The number of halogens is 1. The number of carbonyl (C=O) groups excluding carboxylic acids is 1. The molecule has 3 rings (SSSR count). The zero-order valence-corrected chi connectivity index (χ0v) is 15.2. The number of anilines is 1. The maximum atomic E-state index is 12.1. The second-order valence-corrected chi connectivity index (χ2v) is 6.81. The molecule has 1 fully saturated rings. The minimum Gasteiger partial charge on any atom is -0.507 e. The molecule has 0 aromatic heterocycles. The summed E-state index contributed by atoms with van der Waals surface area (Å²) < 4.78 is 0.736. The SMILES string of the molecule is O=C(N/N=C\c1ccc(O)c(I)c1)c1ccc(N2CCCC2)cc1. The van der Waals surface area contributed by atoms with Gasteiger partial charge in [0.25, 0.3) is 5.91 Å². The predicted octanol–water partition coefficient (Wildman–Crippen LogP) is 3.36. The van der Waals surface area contributed by atoms with Crippen molar-refractivity contribution >= 4 is 40.4 Å². The third-order valence-corrected chi connectivity index (χ3v) is 4.82. The van der Waals surface area contributed by atoms with Crippen molar-refractivity contribution in [3.63, 3.8) is 0 Å². The highest BCUT2D eigenvalue weighted by atomic mass is 127. The largest absolute Gasteiger partial charge is 0.507 e. The van der Waals surface area contributed by atoms with Crippen LogP contribution in [0.25, 0.3) is 0 Å². The van der Waals surface area contributed by atoms with Crippen molar-refractivity contribution in [3.8, 4) is 5.75 Å². The highest BCUT2D eigenvalue weighted by Crippen LogP contribution is 2.21. The first kappa shape index (κ1) is 16.8. The summed E-state index contributed by atoms with van der Waals surface area (Å²) in [4.78, 5) is 14.4. The summed E-state index contributed by atoms with van der Waals surface area (Å²) in [6.07, 6.45) is 4.01. The molecule has 0 aliphatic carbocycles. The highest BCUT2D eigenvalue weighted by molar-refractivity contribution is 14.1. The molecular weight excluding hydrogens is 417 g/mol. The molecule has 1 aliphatic heterocycles. The Hall–Kier alpha value is -2.09. The first-order valence-corrected chi connectivity index (χ1v) is 8.88. The number of hydrogen-bond donors (Lipinski definition) is 2. The molecule has 2 aromatic rings. The molecule has 2 aromatic carbocycles. The summed E-state index contributed by atoms with van der Waals surface area (Å²) in [5, 5.41) is 13.5.